The van der Waals surface area contributed by atoms with E-state index in [9.17, 15) is 0 Å². The standard InChI is InChI=1S/C16H23BrO/c1-16(2,3)12-4-8-14(9-5-12)18-15-10-6-13(17)7-11-15/h6-7,10-12,14H,4-5,8-9H2,1-3H3. The first-order valence-electron chi connectivity index (χ1n) is 6.87. The van der Waals surface area contributed by atoms with Gasteiger partial charge >= 0.3 is 0 Å². The van der Waals surface area contributed by atoms with Gasteiger partial charge in [-0.15, -0.1) is 0 Å². The van der Waals surface area contributed by atoms with Crippen LogP contribution in [0.15, 0.2) is 28.7 Å². The van der Waals surface area contributed by atoms with Gasteiger partial charge in [0.05, 0.1) is 6.10 Å². The molecule has 0 saturated heterocycles. The number of hydrogen-bond acceptors (Lipinski definition) is 1. The van der Waals surface area contributed by atoms with E-state index in [2.05, 4.69) is 36.7 Å². The second kappa shape index (κ2) is 5.64. The highest BCUT2D eigenvalue weighted by Crippen LogP contribution is 2.38. The van der Waals surface area contributed by atoms with Gasteiger partial charge in [-0.1, -0.05) is 36.7 Å². The third-order valence-corrected chi connectivity index (χ3v) is 4.54. The van der Waals surface area contributed by atoms with Crippen LogP contribution in [0.4, 0.5) is 0 Å². The smallest absolute Gasteiger partial charge is 0.119 e. The molecule has 0 radical (unpaired) electrons. The van der Waals surface area contributed by atoms with Crippen molar-refractivity contribution >= 4 is 15.9 Å². The molecule has 1 aromatic rings. The van der Waals surface area contributed by atoms with Gasteiger partial charge in [-0.25, -0.2) is 0 Å². The van der Waals surface area contributed by atoms with Crippen molar-refractivity contribution in [2.24, 2.45) is 11.3 Å². The monoisotopic (exact) mass is 310 g/mol. The lowest BCUT2D eigenvalue weighted by molar-refractivity contribution is 0.0882. The third-order valence-electron chi connectivity index (χ3n) is 4.02. The molecule has 1 fully saturated rings. The number of hydrogen-bond donors (Lipinski definition) is 0. The zero-order chi connectivity index (χ0) is 13.2. The zero-order valence-corrected chi connectivity index (χ0v) is 13.2. The molecule has 0 aliphatic heterocycles. The molecule has 2 heteroatoms. The Morgan fingerprint density at radius 2 is 1.56 bits per heavy atom. The molecule has 100 valence electrons. The first-order valence-corrected chi connectivity index (χ1v) is 7.66. The normalized spacial score (nSPS) is 24.9. The van der Waals surface area contributed by atoms with E-state index in [1.165, 1.54) is 25.7 Å². The molecule has 0 unspecified atom stereocenters. The van der Waals surface area contributed by atoms with Gasteiger partial charge in [-0.3, -0.25) is 0 Å². The van der Waals surface area contributed by atoms with Crippen molar-refractivity contribution in [1.29, 1.82) is 0 Å². The van der Waals surface area contributed by atoms with E-state index in [0.717, 1.165) is 16.1 Å². The van der Waals surface area contributed by atoms with Crippen LogP contribution in [-0.2, 0) is 0 Å². The fourth-order valence-electron chi connectivity index (χ4n) is 2.75. The highest BCUT2D eigenvalue weighted by atomic mass is 79.9. The predicted molar refractivity (Wildman–Crippen MR) is 80.0 cm³/mol. The van der Waals surface area contributed by atoms with Crippen LogP contribution in [0.2, 0.25) is 0 Å². The molecular weight excluding hydrogens is 288 g/mol. The largest absolute Gasteiger partial charge is 0.490 e. The molecule has 1 nitrogen and oxygen atoms in total. The molecule has 2 rings (SSSR count). The lowest BCUT2D eigenvalue weighted by atomic mass is 9.72. The quantitative estimate of drug-likeness (QED) is 0.707. The summed E-state index contributed by atoms with van der Waals surface area (Å²) in [4.78, 5) is 0. The second-order valence-electron chi connectivity index (χ2n) is 6.41. The topological polar surface area (TPSA) is 9.23 Å². The minimum atomic E-state index is 0.407. The van der Waals surface area contributed by atoms with Gasteiger partial charge in [0.1, 0.15) is 5.75 Å². The molecule has 1 saturated carbocycles. The van der Waals surface area contributed by atoms with Gasteiger partial charge in [-0.2, -0.15) is 0 Å². The Balaban J connectivity index is 1.85. The summed E-state index contributed by atoms with van der Waals surface area (Å²) in [6.07, 6.45) is 5.38. The summed E-state index contributed by atoms with van der Waals surface area (Å²) in [7, 11) is 0. The third kappa shape index (κ3) is 3.74. The lowest BCUT2D eigenvalue weighted by Gasteiger charge is -2.36. The molecule has 0 amide bonds. The lowest BCUT2D eigenvalue weighted by Crippen LogP contribution is -2.30. The van der Waals surface area contributed by atoms with E-state index in [4.69, 9.17) is 4.74 Å². The maximum atomic E-state index is 6.05. The minimum Gasteiger partial charge on any atom is -0.490 e. The van der Waals surface area contributed by atoms with Crippen molar-refractivity contribution < 1.29 is 4.74 Å². The summed E-state index contributed by atoms with van der Waals surface area (Å²) in [5, 5.41) is 0. The molecule has 18 heavy (non-hydrogen) atoms. The molecular formula is C16H23BrO. The molecule has 1 aliphatic carbocycles. The molecule has 0 bridgehead atoms. The second-order valence-corrected chi connectivity index (χ2v) is 7.33. The van der Waals surface area contributed by atoms with E-state index in [-0.39, 0.29) is 0 Å². The van der Waals surface area contributed by atoms with Crippen molar-refractivity contribution in [1.82, 2.24) is 0 Å². The summed E-state index contributed by atoms with van der Waals surface area (Å²) >= 11 is 3.44. The maximum Gasteiger partial charge on any atom is 0.119 e. The molecule has 0 spiro atoms. The van der Waals surface area contributed by atoms with Crippen LogP contribution < -0.4 is 4.74 Å². The van der Waals surface area contributed by atoms with Gasteiger partial charge < -0.3 is 4.74 Å². The SMILES string of the molecule is CC(C)(C)C1CCC(Oc2ccc(Br)cc2)CC1. The van der Waals surface area contributed by atoms with Crippen molar-refractivity contribution in [3.63, 3.8) is 0 Å². The van der Waals surface area contributed by atoms with Crippen LogP contribution in [0.5, 0.6) is 5.75 Å². The van der Waals surface area contributed by atoms with E-state index >= 15 is 0 Å². The summed E-state index contributed by atoms with van der Waals surface area (Å²) in [5.41, 5.74) is 0.447. The Kier molecular flexibility index (Phi) is 4.37. The molecule has 0 N–H and O–H groups in total. The van der Waals surface area contributed by atoms with Gasteiger partial charge in [-0.05, 0) is 61.3 Å². The van der Waals surface area contributed by atoms with E-state index < -0.39 is 0 Å². The average molecular weight is 311 g/mol. The number of benzene rings is 1. The fourth-order valence-corrected chi connectivity index (χ4v) is 3.02. The van der Waals surface area contributed by atoms with Crippen LogP contribution in [-0.4, -0.2) is 6.10 Å². The number of halogens is 1. The Morgan fingerprint density at radius 3 is 2.06 bits per heavy atom. The highest BCUT2D eigenvalue weighted by Gasteiger charge is 2.30. The predicted octanol–water partition coefficient (Wildman–Crippen LogP) is 5.43. The molecule has 1 aliphatic rings. The van der Waals surface area contributed by atoms with Gasteiger partial charge in [0, 0.05) is 4.47 Å². The Labute approximate surface area is 119 Å². The van der Waals surface area contributed by atoms with Crippen molar-refractivity contribution in [2.45, 2.75) is 52.6 Å². The molecule has 1 aromatic carbocycles. The minimum absolute atomic E-state index is 0.407. The van der Waals surface area contributed by atoms with E-state index in [0.29, 0.717) is 11.5 Å². The average Bonchev–Trinajstić information content (AvgIpc) is 2.32. The van der Waals surface area contributed by atoms with Crippen LogP contribution in [0.3, 0.4) is 0 Å². The Morgan fingerprint density at radius 1 is 1.00 bits per heavy atom. The van der Waals surface area contributed by atoms with E-state index in [1.54, 1.807) is 0 Å². The summed E-state index contributed by atoms with van der Waals surface area (Å²) in [5.74, 6) is 1.85. The number of ether oxygens (including phenoxy) is 1. The molecule has 0 heterocycles. The Bertz CT molecular complexity index is 369. The van der Waals surface area contributed by atoms with Crippen molar-refractivity contribution in [3.8, 4) is 5.75 Å². The molecule has 0 aromatic heterocycles. The number of rotatable bonds is 2. The van der Waals surface area contributed by atoms with Crippen LogP contribution in [0, 0.1) is 11.3 Å². The summed E-state index contributed by atoms with van der Waals surface area (Å²) < 4.78 is 7.15. The maximum absolute atomic E-state index is 6.05. The first-order chi connectivity index (χ1) is 8.45. The van der Waals surface area contributed by atoms with Gasteiger partial charge in [0.15, 0.2) is 0 Å². The van der Waals surface area contributed by atoms with E-state index in [1.807, 2.05) is 24.3 Å². The van der Waals surface area contributed by atoms with Crippen molar-refractivity contribution in [2.75, 3.05) is 0 Å². The zero-order valence-electron chi connectivity index (χ0n) is 11.6. The van der Waals surface area contributed by atoms with Crippen LogP contribution in [0.25, 0.3) is 0 Å². The van der Waals surface area contributed by atoms with Crippen LogP contribution >= 0.6 is 15.9 Å². The van der Waals surface area contributed by atoms with Crippen molar-refractivity contribution in [3.05, 3.63) is 28.7 Å². The van der Waals surface area contributed by atoms with Gasteiger partial charge in [0.25, 0.3) is 0 Å². The first kappa shape index (κ1) is 13.9. The highest BCUT2D eigenvalue weighted by molar-refractivity contribution is 9.10. The molecule has 0 atom stereocenters. The Hall–Kier alpha value is -0.500. The fraction of sp³-hybridized carbons (Fsp3) is 0.625. The van der Waals surface area contributed by atoms with Crippen LogP contribution in [0.1, 0.15) is 46.5 Å². The summed E-state index contributed by atoms with van der Waals surface area (Å²) in [6.45, 7) is 7.06. The summed E-state index contributed by atoms with van der Waals surface area (Å²) in [6, 6.07) is 8.16. The van der Waals surface area contributed by atoms with Gasteiger partial charge in [0.2, 0.25) is 0 Å².